The van der Waals surface area contributed by atoms with Gasteiger partial charge in [-0.1, -0.05) is 86.0 Å². The number of likely N-dealkylation sites (tertiary alicyclic amines) is 2. The van der Waals surface area contributed by atoms with Crippen LogP contribution in [0.5, 0.6) is 0 Å². The Kier molecular flexibility index (Phi) is 10.6. The maximum Gasteiger partial charge on any atom is 0.321 e. The minimum absolute atomic E-state index is 0.129. The second-order valence-electron chi connectivity index (χ2n) is 14.7. The van der Waals surface area contributed by atoms with E-state index in [0.717, 1.165) is 88.9 Å². The molecule has 3 atom stereocenters. The van der Waals surface area contributed by atoms with E-state index in [1.165, 1.54) is 34.9 Å². The zero-order valence-electron chi connectivity index (χ0n) is 28.9. The van der Waals surface area contributed by atoms with E-state index in [4.69, 9.17) is 5.10 Å². The van der Waals surface area contributed by atoms with Crippen LogP contribution < -0.4 is 0 Å². The molecule has 49 heavy (non-hydrogen) atoms. The quantitative estimate of drug-likeness (QED) is 0.175. The minimum atomic E-state index is -0.692. The Hall–Kier alpha value is -3.81. The highest BCUT2D eigenvalue weighted by Crippen LogP contribution is 2.39. The lowest BCUT2D eigenvalue weighted by molar-refractivity contribution is -0.145. The Labute approximate surface area is 290 Å². The summed E-state index contributed by atoms with van der Waals surface area (Å²) in [6.07, 6.45) is 8.42. The van der Waals surface area contributed by atoms with Gasteiger partial charge >= 0.3 is 5.97 Å². The van der Waals surface area contributed by atoms with Crippen LogP contribution in [0.15, 0.2) is 84.9 Å². The number of nitrogens with zero attached hydrogens (tertiary/aromatic N) is 4. The number of benzene rings is 3. The fourth-order valence-corrected chi connectivity index (χ4v) is 9.09. The van der Waals surface area contributed by atoms with Crippen LogP contribution in [-0.4, -0.2) is 69.4 Å². The van der Waals surface area contributed by atoms with Crippen molar-refractivity contribution in [1.29, 1.82) is 0 Å². The van der Waals surface area contributed by atoms with E-state index < -0.39 is 12.0 Å². The molecule has 7 heteroatoms. The summed E-state index contributed by atoms with van der Waals surface area (Å²) in [5, 5.41) is 15.4. The average Bonchev–Trinajstić information content (AvgIpc) is 3.73. The Morgan fingerprint density at radius 1 is 0.878 bits per heavy atom. The van der Waals surface area contributed by atoms with Gasteiger partial charge in [0.2, 0.25) is 0 Å². The smallest absolute Gasteiger partial charge is 0.321 e. The average molecular weight is 663 g/mol. The second kappa shape index (κ2) is 15.4. The summed E-state index contributed by atoms with van der Waals surface area (Å²) >= 11 is 0. The van der Waals surface area contributed by atoms with Gasteiger partial charge in [-0.15, -0.1) is 0 Å². The van der Waals surface area contributed by atoms with Crippen LogP contribution >= 0.6 is 0 Å². The molecule has 7 rings (SSSR count). The van der Waals surface area contributed by atoms with Crippen LogP contribution in [0, 0.1) is 17.7 Å². The van der Waals surface area contributed by atoms with Gasteiger partial charge in [0.1, 0.15) is 11.9 Å². The third-order valence-corrected chi connectivity index (χ3v) is 11.6. The molecule has 3 aromatic carbocycles. The SMILES string of the molecule is CCn1nc(Cc2ccc(-c3ccccc3)cc2)cc1C1CCN(CC2CN(C(C(=O)O)C3CCCCC3)CC2c2cccc(F)c2)CC1. The van der Waals surface area contributed by atoms with Crippen LogP contribution in [0.25, 0.3) is 11.1 Å². The van der Waals surface area contributed by atoms with Crippen molar-refractivity contribution in [2.75, 3.05) is 32.7 Å². The zero-order valence-corrected chi connectivity index (χ0v) is 28.9. The first-order valence-electron chi connectivity index (χ1n) is 18.6. The van der Waals surface area contributed by atoms with Crippen molar-refractivity contribution in [1.82, 2.24) is 19.6 Å². The molecule has 0 spiro atoms. The number of halogens is 1. The highest BCUT2D eigenvalue weighted by atomic mass is 19.1. The topological polar surface area (TPSA) is 61.6 Å². The van der Waals surface area contributed by atoms with E-state index in [1.54, 1.807) is 12.1 Å². The highest BCUT2D eigenvalue weighted by Gasteiger charge is 2.43. The molecule has 258 valence electrons. The van der Waals surface area contributed by atoms with Crippen LogP contribution in [0.4, 0.5) is 4.39 Å². The van der Waals surface area contributed by atoms with E-state index in [2.05, 4.69) is 76.0 Å². The molecule has 2 saturated heterocycles. The molecule has 4 aromatic rings. The summed E-state index contributed by atoms with van der Waals surface area (Å²) in [4.78, 5) is 17.5. The number of aromatic nitrogens is 2. The van der Waals surface area contributed by atoms with Crippen LogP contribution in [0.1, 0.15) is 86.2 Å². The molecular weight excluding hydrogens is 611 g/mol. The number of rotatable bonds is 11. The number of carbonyl (C=O) groups is 1. The predicted octanol–water partition coefficient (Wildman–Crippen LogP) is 8.23. The van der Waals surface area contributed by atoms with E-state index in [0.29, 0.717) is 12.5 Å². The molecule has 6 nitrogen and oxygen atoms in total. The third kappa shape index (κ3) is 7.84. The van der Waals surface area contributed by atoms with Gasteiger partial charge in [-0.2, -0.15) is 5.10 Å². The second-order valence-corrected chi connectivity index (χ2v) is 14.7. The van der Waals surface area contributed by atoms with Gasteiger partial charge in [-0.3, -0.25) is 14.4 Å². The van der Waals surface area contributed by atoms with E-state index in [9.17, 15) is 14.3 Å². The number of hydrogen-bond donors (Lipinski definition) is 1. The number of piperidine rings is 1. The number of hydrogen-bond acceptors (Lipinski definition) is 4. The lowest BCUT2D eigenvalue weighted by Crippen LogP contribution is -2.46. The van der Waals surface area contributed by atoms with Gasteiger partial charge in [0.05, 0.1) is 5.69 Å². The third-order valence-electron chi connectivity index (χ3n) is 11.6. The highest BCUT2D eigenvalue weighted by molar-refractivity contribution is 5.74. The summed E-state index contributed by atoms with van der Waals surface area (Å²) < 4.78 is 16.6. The van der Waals surface area contributed by atoms with Crippen molar-refractivity contribution in [2.45, 2.75) is 82.7 Å². The Morgan fingerprint density at radius 2 is 1.61 bits per heavy atom. The van der Waals surface area contributed by atoms with E-state index in [1.807, 2.05) is 12.1 Å². The molecule has 3 unspecified atom stereocenters. The summed E-state index contributed by atoms with van der Waals surface area (Å²) in [5.74, 6) is 0.168. The van der Waals surface area contributed by atoms with Gasteiger partial charge in [-0.05, 0) is 98.0 Å². The Balaban J connectivity index is 1.00. The number of carboxylic acids is 1. The first kappa shape index (κ1) is 33.7. The molecule has 0 amide bonds. The first-order valence-corrected chi connectivity index (χ1v) is 18.6. The van der Waals surface area contributed by atoms with Gasteiger partial charge in [-0.25, -0.2) is 4.39 Å². The molecule has 0 radical (unpaired) electrons. The summed E-state index contributed by atoms with van der Waals surface area (Å²) in [6, 6.07) is 28.3. The molecule has 3 heterocycles. The maximum absolute atomic E-state index is 14.4. The molecule has 3 aliphatic rings. The molecular formula is C42H51FN4O2. The summed E-state index contributed by atoms with van der Waals surface area (Å²) in [5.41, 5.74) is 7.21. The van der Waals surface area contributed by atoms with Gasteiger partial charge < -0.3 is 10.0 Å². The molecule has 0 bridgehead atoms. The number of carboxylic acid groups (broad SMARTS) is 1. The lowest BCUT2D eigenvalue weighted by Gasteiger charge is -2.35. The predicted molar refractivity (Wildman–Crippen MR) is 193 cm³/mol. The maximum atomic E-state index is 14.4. The number of aryl methyl sites for hydroxylation is 1. The van der Waals surface area contributed by atoms with Crippen molar-refractivity contribution in [2.24, 2.45) is 11.8 Å². The minimum Gasteiger partial charge on any atom is -0.480 e. The largest absolute Gasteiger partial charge is 0.480 e. The van der Waals surface area contributed by atoms with Crippen LogP contribution in [-0.2, 0) is 17.8 Å². The molecule has 1 N–H and O–H groups in total. The summed E-state index contributed by atoms with van der Waals surface area (Å²) in [7, 11) is 0. The molecule has 3 fully saturated rings. The van der Waals surface area contributed by atoms with Gasteiger partial charge in [0, 0.05) is 50.1 Å². The van der Waals surface area contributed by atoms with Crippen molar-refractivity contribution in [3.05, 3.63) is 113 Å². The first-order chi connectivity index (χ1) is 23.9. The normalized spacial score (nSPS) is 22.0. The van der Waals surface area contributed by atoms with E-state index in [-0.39, 0.29) is 23.6 Å². The monoisotopic (exact) mass is 662 g/mol. The van der Waals surface area contributed by atoms with Crippen molar-refractivity contribution < 1.29 is 14.3 Å². The van der Waals surface area contributed by atoms with Crippen LogP contribution in [0.3, 0.4) is 0 Å². The Morgan fingerprint density at radius 3 is 2.31 bits per heavy atom. The molecule has 1 aliphatic carbocycles. The van der Waals surface area contributed by atoms with Crippen molar-refractivity contribution in [3.8, 4) is 11.1 Å². The van der Waals surface area contributed by atoms with Crippen molar-refractivity contribution in [3.63, 3.8) is 0 Å². The zero-order chi connectivity index (χ0) is 33.7. The summed E-state index contributed by atoms with van der Waals surface area (Å²) in [6.45, 7) is 7.42. The number of aliphatic carboxylic acids is 1. The van der Waals surface area contributed by atoms with Crippen LogP contribution in [0.2, 0.25) is 0 Å². The fourth-order valence-electron chi connectivity index (χ4n) is 9.09. The van der Waals surface area contributed by atoms with Crippen molar-refractivity contribution >= 4 is 5.97 Å². The lowest BCUT2D eigenvalue weighted by atomic mass is 9.83. The molecule has 1 saturated carbocycles. The molecule has 2 aliphatic heterocycles. The van der Waals surface area contributed by atoms with E-state index >= 15 is 0 Å². The van der Waals surface area contributed by atoms with Gasteiger partial charge in [0.25, 0.3) is 0 Å². The van der Waals surface area contributed by atoms with Gasteiger partial charge in [0.15, 0.2) is 0 Å². The fraction of sp³-hybridized carbons (Fsp3) is 0.476. The molecule has 1 aromatic heterocycles. The Bertz CT molecular complexity index is 1670. The standard InChI is InChI=1S/C42H51FN4O2/c1-2-47-40(26-38(44-47)24-30-16-18-32(19-17-30)31-10-5-3-6-11-31)33-20-22-45(23-21-33)27-36-28-46(29-39(36)35-14-9-15-37(43)25-35)41(42(48)49)34-12-7-4-8-13-34/h3,5-6,9-11,14-19,25-26,33-34,36,39,41H,2,4,7-8,12-13,20-24,27-29H2,1H3,(H,48,49).